The second kappa shape index (κ2) is 7.85. The molecule has 0 radical (unpaired) electrons. The third kappa shape index (κ3) is 6.37. The first-order chi connectivity index (χ1) is 11.2. The van der Waals surface area contributed by atoms with E-state index >= 15 is 0 Å². The second-order valence-corrected chi connectivity index (χ2v) is 7.70. The number of carbonyl (C=O) groups is 3. The minimum Gasteiger partial charge on any atom is -0.444 e. The van der Waals surface area contributed by atoms with E-state index in [1.165, 1.54) is 0 Å². The highest BCUT2D eigenvalue weighted by Gasteiger charge is 2.31. The fraction of sp³-hybridized carbons (Fsp3) is 0.824. The molecule has 0 aromatic carbocycles. The number of hydrogen-bond donors (Lipinski definition) is 3. The molecular weight excluding hydrogens is 310 g/mol. The third-order valence-electron chi connectivity index (χ3n) is 4.19. The molecular formula is C17H29N3O4. The maximum absolute atomic E-state index is 12.0. The summed E-state index contributed by atoms with van der Waals surface area (Å²) in [7, 11) is 0. The minimum absolute atomic E-state index is 0.00894. The van der Waals surface area contributed by atoms with E-state index in [1.807, 2.05) is 20.8 Å². The number of rotatable bonds is 5. The first kappa shape index (κ1) is 18.5. The lowest BCUT2D eigenvalue weighted by molar-refractivity contribution is -0.127. The van der Waals surface area contributed by atoms with Gasteiger partial charge in [-0.1, -0.05) is 12.8 Å². The fourth-order valence-corrected chi connectivity index (χ4v) is 2.85. The van der Waals surface area contributed by atoms with Crippen LogP contribution in [0.4, 0.5) is 4.79 Å². The Labute approximate surface area is 143 Å². The summed E-state index contributed by atoms with van der Waals surface area (Å²) in [6, 6.07) is -0.270. The summed E-state index contributed by atoms with van der Waals surface area (Å²) in [6.07, 6.45) is 4.99. The number of alkyl carbamates (subject to hydrolysis) is 1. The Balaban J connectivity index is 1.78. The zero-order valence-electron chi connectivity index (χ0n) is 14.8. The summed E-state index contributed by atoms with van der Waals surface area (Å²) in [6.45, 7) is 5.44. The van der Waals surface area contributed by atoms with Gasteiger partial charge in [-0.25, -0.2) is 4.79 Å². The number of nitrogens with one attached hydrogen (secondary N) is 3. The first-order valence-corrected chi connectivity index (χ1v) is 8.81. The van der Waals surface area contributed by atoms with Gasteiger partial charge >= 0.3 is 6.09 Å². The molecule has 3 N–H and O–H groups in total. The molecule has 2 fully saturated rings. The van der Waals surface area contributed by atoms with Crippen molar-refractivity contribution >= 4 is 17.9 Å². The van der Waals surface area contributed by atoms with Crippen LogP contribution in [0.25, 0.3) is 0 Å². The highest BCUT2D eigenvalue weighted by molar-refractivity contribution is 5.87. The number of ether oxygens (including phenoxy) is 1. The van der Waals surface area contributed by atoms with Crippen molar-refractivity contribution in [1.29, 1.82) is 0 Å². The van der Waals surface area contributed by atoms with Gasteiger partial charge in [0.15, 0.2) is 0 Å². The van der Waals surface area contributed by atoms with Crippen LogP contribution < -0.4 is 16.0 Å². The molecule has 2 saturated carbocycles. The molecule has 2 atom stereocenters. The van der Waals surface area contributed by atoms with Crippen LogP contribution in [0.5, 0.6) is 0 Å². The molecule has 2 aliphatic rings. The van der Waals surface area contributed by atoms with Gasteiger partial charge in [0, 0.05) is 12.0 Å². The smallest absolute Gasteiger partial charge is 0.407 e. The van der Waals surface area contributed by atoms with Crippen molar-refractivity contribution in [2.75, 3.05) is 6.54 Å². The van der Waals surface area contributed by atoms with Gasteiger partial charge < -0.3 is 20.7 Å². The van der Waals surface area contributed by atoms with Crippen LogP contribution in [0, 0.1) is 5.92 Å². The summed E-state index contributed by atoms with van der Waals surface area (Å²) in [5.74, 6) is -0.168. The van der Waals surface area contributed by atoms with Crippen molar-refractivity contribution in [1.82, 2.24) is 16.0 Å². The maximum atomic E-state index is 12.0. The number of hydrogen-bond acceptors (Lipinski definition) is 4. The van der Waals surface area contributed by atoms with Crippen molar-refractivity contribution in [2.24, 2.45) is 5.92 Å². The standard InChI is InChI=1S/C17H29N3O4/c1-17(2,3)24-16(23)20-13-7-5-4-6-12(13)19-14(21)10-18-15(22)11-8-9-11/h11-13H,4-10H2,1-3H3,(H,18,22)(H,19,21)(H,20,23)/t12-,13-/m1/s1. The highest BCUT2D eigenvalue weighted by Crippen LogP contribution is 2.28. The van der Waals surface area contributed by atoms with E-state index < -0.39 is 11.7 Å². The highest BCUT2D eigenvalue weighted by atomic mass is 16.6. The molecule has 0 saturated heterocycles. The van der Waals surface area contributed by atoms with Crippen molar-refractivity contribution < 1.29 is 19.1 Å². The molecule has 0 unspecified atom stereocenters. The number of amides is 3. The normalized spacial score (nSPS) is 24.0. The molecule has 7 nitrogen and oxygen atoms in total. The Morgan fingerprint density at radius 1 is 0.958 bits per heavy atom. The van der Waals surface area contributed by atoms with E-state index in [-0.39, 0.29) is 36.4 Å². The molecule has 136 valence electrons. The Hall–Kier alpha value is -1.79. The third-order valence-corrected chi connectivity index (χ3v) is 4.19. The zero-order valence-corrected chi connectivity index (χ0v) is 14.8. The molecule has 2 rings (SSSR count). The van der Waals surface area contributed by atoms with Gasteiger partial charge in [-0.3, -0.25) is 9.59 Å². The summed E-state index contributed by atoms with van der Waals surface area (Å²) < 4.78 is 5.29. The quantitative estimate of drug-likeness (QED) is 0.706. The fourth-order valence-electron chi connectivity index (χ4n) is 2.85. The molecule has 0 aromatic rings. The van der Waals surface area contributed by atoms with Crippen LogP contribution in [-0.2, 0) is 14.3 Å². The molecule has 0 aromatic heterocycles. The van der Waals surface area contributed by atoms with Crippen LogP contribution >= 0.6 is 0 Å². The van der Waals surface area contributed by atoms with Gasteiger partial charge in [-0.2, -0.15) is 0 Å². The van der Waals surface area contributed by atoms with Gasteiger partial charge in [0.1, 0.15) is 5.60 Å². The van der Waals surface area contributed by atoms with Crippen LogP contribution in [0.2, 0.25) is 0 Å². The Kier molecular flexibility index (Phi) is 6.07. The molecule has 7 heteroatoms. The average molecular weight is 339 g/mol. The first-order valence-electron chi connectivity index (χ1n) is 8.81. The molecule has 0 bridgehead atoms. The minimum atomic E-state index is -0.551. The number of carbonyl (C=O) groups excluding carboxylic acids is 3. The predicted molar refractivity (Wildman–Crippen MR) is 89.3 cm³/mol. The van der Waals surface area contributed by atoms with E-state index in [2.05, 4.69) is 16.0 Å². The zero-order chi connectivity index (χ0) is 17.7. The predicted octanol–water partition coefficient (Wildman–Crippen LogP) is 1.46. The average Bonchev–Trinajstić information content (AvgIpc) is 3.29. The summed E-state index contributed by atoms with van der Waals surface area (Å²) in [4.78, 5) is 35.6. The van der Waals surface area contributed by atoms with Crippen molar-refractivity contribution in [3.8, 4) is 0 Å². The molecule has 0 aliphatic heterocycles. The molecule has 2 aliphatic carbocycles. The van der Waals surface area contributed by atoms with Crippen molar-refractivity contribution in [3.63, 3.8) is 0 Å². The van der Waals surface area contributed by atoms with E-state index in [0.717, 1.165) is 38.5 Å². The summed E-state index contributed by atoms with van der Waals surface area (Å²) in [5, 5.41) is 8.45. The summed E-state index contributed by atoms with van der Waals surface area (Å²) in [5.41, 5.74) is -0.551. The van der Waals surface area contributed by atoms with Crippen LogP contribution in [-0.4, -0.2) is 42.1 Å². The molecule has 0 spiro atoms. The van der Waals surface area contributed by atoms with Crippen LogP contribution in [0.3, 0.4) is 0 Å². The van der Waals surface area contributed by atoms with Crippen LogP contribution in [0.1, 0.15) is 59.3 Å². The lowest BCUT2D eigenvalue weighted by atomic mass is 9.90. The monoisotopic (exact) mass is 339 g/mol. The summed E-state index contributed by atoms with van der Waals surface area (Å²) >= 11 is 0. The molecule has 0 heterocycles. The van der Waals surface area contributed by atoms with Gasteiger partial charge in [-0.05, 0) is 46.5 Å². The lowest BCUT2D eigenvalue weighted by Crippen LogP contribution is -2.55. The van der Waals surface area contributed by atoms with E-state index in [4.69, 9.17) is 4.74 Å². The topological polar surface area (TPSA) is 96.5 Å². The largest absolute Gasteiger partial charge is 0.444 e. The van der Waals surface area contributed by atoms with E-state index in [0.29, 0.717) is 0 Å². The van der Waals surface area contributed by atoms with E-state index in [1.54, 1.807) is 0 Å². The van der Waals surface area contributed by atoms with E-state index in [9.17, 15) is 14.4 Å². The van der Waals surface area contributed by atoms with Crippen molar-refractivity contribution in [2.45, 2.75) is 77.0 Å². The SMILES string of the molecule is CC(C)(C)OC(=O)N[C@@H]1CCCC[C@H]1NC(=O)CNC(=O)C1CC1. The maximum Gasteiger partial charge on any atom is 0.407 e. The Morgan fingerprint density at radius 2 is 1.54 bits per heavy atom. The lowest BCUT2D eigenvalue weighted by Gasteiger charge is -2.33. The van der Waals surface area contributed by atoms with Crippen LogP contribution in [0.15, 0.2) is 0 Å². The van der Waals surface area contributed by atoms with Gasteiger partial charge in [0.25, 0.3) is 0 Å². The van der Waals surface area contributed by atoms with Crippen molar-refractivity contribution in [3.05, 3.63) is 0 Å². The van der Waals surface area contributed by atoms with Gasteiger partial charge in [0.2, 0.25) is 11.8 Å². The molecule has 3 amide bonds. The Morgan fingerprint density at radius 3 is 2.08 bits per heavy atom. The second-order valence-electron chi connectivity index (χ2n) is 7.70. The molecule has 24 heavy (non-hydrogen) atoms. The van der Waals surface area contributed by atoms with Gasteiger partial charge in [0.05, 0.1) is 12.6 Å². The van der Waals surface area contributed by atoms with Gasteiger partial charge in [-0.15, -0.1) is 0 Å². The Bertz CT molecular complexity index is 483.